The first-order valence-corrected chi connectivity index (χ1v) is 7.22. The highest BCUT2D eigenvalue weighted by atomic mass is 79.9. The zero-order valence-corrected chi connectivity index (χ0v) is 12.2. The monoisotopic (exact) mass is 328 g/mol. The van der Waals surface area contributed by atoms with Crippen LogP contribution in [0.15, 0.2) is 32.6 Å². The maximum absolute atomic E-state index is 11.4. The maximum atomic E-state index is 11.4. The summed E-state index contributed by atoms with van der Waals surface area (Å²) in [5.41, 5.74) is 7.43. The van der Waals surface area contributed by atoms with Gasteiger partial charge in [-0.3, -0.25) is 4.57 Å². The van der Waals surface area contributed by atoms with Crippen molar-refractivity contribution < 1.29 is 0 Å². The van der Waals surface area contributed by atoms with Crippen LogP contribution >= 0.6 is 27.7 Å². The largest absolute Gasteiger partial charge is 0.398 e. The second-order valence-corrected chi connectivity index (χ2v) is 5.40. The number of rotatable bonds is 4. The van der Waals surface area contributed by atoms with E-state index in [-0.39, 0.29) is 5.69 Å². The number of nitrogens with one attached hydrogen (secondary N) is 1. The van der Waals surface area contributed by atoms with Gasteiger partial charge in [0.25, 0.3) is 0 Å². The number of aromatic nitrogens is 3. The molecular formula is C11H13BrN4OS. The van der Waals surface area contributed by atoms with Gasteiger partial charge in [-0.25, -0.2) is 9.89 Å². The number of benzene rings is 1. The third-order valence-corrected chi connectivity index (χ3v) is 4.50. The van der Waals surface area contributed by atoms with Crippen LogP contribution < -0.4 is 11.4 Å². The molecule has 1 aromatic heterocycles. The van der Waals surface area contributed by atoms with E-state index in [9.17, 15) is 4.79 Å². The van der Waals surface area contributed by atoms with Crippen LogP contribution in [0.2, 0.25) is 0 Å². The number of aromatic amines is 1. The van der Waals surface area contributed by atoms with E-state index in [1.165, 1.54) is 11.8 Å². The molecule has 5 nitrogen and oxygen atoms in total. The van der Waals surface area contributed by atoms with E-state index >= 15 is 0 Å². The zero-order valence-electron chi connectivity index (χ0n) is 9.81. The lowest BCUT2D eigenvalue weighted by molar-refractivity contribution is 0.660. The molecule has 0 fully saturated rings. The number of H-pyrrole nitrogens is 1. The average Bonchev–Trinajstić information content (AvgIpc) is 2.72. The molecule has 0 spiro atoms. The molecule has 0 aliphatic rings. The van der Waals surface area contributed by atoms with Crippen LogP contribution in [0, 0.1) is 0 Å². The Morgan fingerprint density at radius 1 is 1.56 bits per heavy atom. The average molecular weight is 329 g/mol. The fraction of sp³-hybridized carbons (Fsp3) is 0.273. The molecule has 1 aromatic carbocycles. The number of halogens is 1. The molecule has 0 saturated heterocycles. The lowest BCUT2D eigenvalue weighted by Gasteiger charge is -2.06. The summed E-state index contributed by atoms with van der Waals surface area (Å²) in [7, 11) is 0. The number of nitrogens with two attached hydrogens (primary N) is 1. The van der Waals surface area contributed by atoms with Crippen LogP contribution in [0.1, 0.15) is 12.5 Å². The molecule has 2 aromatic rings. The summed E-state index contributed by atoms with van der Waals surface area (Å²) in [4.78, 5) is 11.4. The van der Waals surface area contributed by atoms with Crippen molar-refractivity contribution >= 4 is 33.4 Å². The Morgan fingerprint density at radius 3 is 3.06 bits per heavy atom. The van der Waals surface area contributed by atoms with Gasteiger partial charge in [0.2, 0.25) is 0 Å². The molecule has 0 amide bonds. The summed E-state index contributed by atoms with van der Waals surface area (Å²) < 4.78 is 2.50. The Kier molecular flexibility index (Phi) is 4.13. The van der Waals surface area contributed by atoms with Gasteiger partial charge in [-0.1, -0.05) is 23.9 Å². The normalized spacial score (nSPS) is 10.8. The zero-order chi connectivity index (χ0) is 13.1. The Balaban J connectivity index is 2.16. The topological polar surface area (TPSA) is 76.7 Å². The van der Waals surface area contributed by atoms with Crippen LogP contribution in [-0.2, 0) is 12.3 Å². The predicted molar refractivity (Wildman–Crippen MR) is 76.6 cm³/mol. The smallest absolute Gasteiger partial charge is 0.343 e. The molecule has 96 valence electrons. The second-order valence-electron chi connectivity index (χ2n) is 3.66. The molecule has 3 N–H and O–H groups in total. The van der Waals surface area contributed by atoms with Crippen molar-refractivity contribution in [1.29, 1.82) is 0 Å². The van der Waals surface area contributed by atoms with Gasteiger partial charge in [0, 0.05) is 22.5 Å². The Hall–Kier alpha value is -1.21. The van der Waals surface area contributed by atoms with Gasteiger partial charge >= 0.3 is 5.69 Å². The Bertz CT molecular complexity index is 607. The molecule has 1 heterocycles. The first-order chi connectivity index (χ1) is 8.63. The quantitative estimate of drug-likeness (QED) is 0.666. The minimum absolute atomic E-state index is 0.174. The molecular weight excluding hydrogens is 316 g/mol. The highest BCUT2D eigenvalue weighted by Gasteiger charge is 2.09. The van der Waals surface area contributed by atoms with Crippen molar-refractivity contribution in [3.8, 4) is 0 Å². The molecule has 0 radical (unpaired) electrons. The SMILES string of the molecule is CCn1c(SCc2cccc(N)c2Br)n[nH]c1=O. The van der Waals surface area contributed by atoms with Crippen LogP contribution in [-0.4, -0.2) is 14.8 Å². The lowest BCUT2D eigenvalue weighted by atomic mass is 10.2. The summed E-state index contributed by atoms with van der Waals surface area (Å²) in [6.45, 7) is 2.52. The minimum atomic E-state index is -0.174. The van der Waals surface area contributed by atoms with Gasteiger partial charge in [-0.2, -0.15) is 0 Å². The van der Waals surface area contributed by atoms with Crippen molar-refractivity contribution in [2.75, 3.05) is 5.73 Å². The van der Waals surface area contributed by atoms with Gasteiger partial charge in [0.15, 0.2) is 5.16 Å². The Morgan fingerprint density at radius 2 is 2.33 bits per heavy atom. The predicted octanol–water partition coefficient (Wildman–Crippen LogP) is 2.23. The van der Waals surface area contributed by atoms with Crippen molar-refractivity contribution in [2.24, 2.45) is 0 Å². The van der Waals surface area contributed by atoms with Crippen molar-refractivity contribution in [3.05, 3.63) is 38.7 Å². The van der Waals surface area contributed by atoms with Gasteiger partial charge in [-0.05, 0) is 34.5 Å². The summed E-state index contributed by atoms with van der Waals surface area (Å²) in [6.07, 6.45) is 0. The standard InChI is InChI=1S/C11H13BrN4OS/c1-2-16-10(17)14-15-11(16)18-6-7-4-3-5-8(13)9(7)12/h3-5H,2,6,13H2,1H3,(H,14,17). The van der Waals surface area contributed by atoms with Crippen LogP contribution in [0.5, 0.6) is 0 Å². The molecule has 0 aliphatic heterocycles. The highest BCUT2D eigenvalue weighted by Crippen LogP contribution is 2.29. The van der Waals surface area contributed by atoms with E-state index in [0.29, 0.717) is 23.1 Å². The molecule has 2 rings (SSSR count). The fourth-order valence-electron chi connectivity index (χ4n) is 1.55. The van der Waals surface area contributed by atoms with Gasteiger partial charge in [0.05, 0.1) is 0 Å². The molecule has 0 atom stereocenters. The van der Waals surface area contributed by atoms with Gasteiger partial charge in [0.1, 0.15) is 0 Å². The van der Waals surface area contributed by atoms with Crippen molar-refractivity contribution in [1.82, 2.24) is 14.8 Å². The minimum Gasteiger partial charge on any atom is -0.398 e. The highest BCUT2D eigenvalue weighted by molar-refractivity contribution is 9.10. The molecule has 0 bridgehead atoms. The van der Waals surface area contributed by atoms with Crippen molar-refractivity contribution in [3.63, 3.8) is 0 Å². The first kappa shape index (κ1) is 13.2. The third kappa shape index (κ3) is 2.62. The summed E-state index contributed by atoms with van der Waals surface area (Å²) in [5.74, 6) is 0.704. The van der Waals surface area contributed by atoms with E-state index < -0.39 is 0 Å². The second kappa shape index (κ2) is 5.62. The Labute approximate surface area is 117 Å². The lowest BCUT2D eigenvalue weighted by Crippen LogP contribution is -2.16. The van der Waals surface area contributed by atoms with Crippen LogP contribution in [0.3, 0.4) is 0 Å². The summed E-state index contributed by atoms with van der Waals surface area (Å²) in [5, 5.41) is 7.14. The molecule has 0 saturated carbocycles. The van der Waals surface area contributed by atoms with E-state index in [4.69, 9.17) is 5.73 Å². The third-order valence-electron chi connectivity index (χ3n) is 2.50. The molecule has 0 aliphatic carbocycles. The van der Waals surface area contributed by atoms with Gasteiger partial charge in [-0.15, -0.1) is 5.10 Å². The first-order valence-electron chi connectivity index (χ1n) is 5.44. The number of anilines is 1. The van der Waals surface area contributed by atoms with Crippen LogP contribution in [0.4, 0.5) is 5.69 Å². The van der Waals surface area contributed by atoms with E-state index in [1.807, 2.05) is 25.1 Å². The van der Waals surface area contributed by atoms with Gasteiger partial charge < -0.3 is 5.73 Å². The number of nitrogen functional groups attached to an aromatic ring is 1. The summed E-state index contributed by atoms with van der Waals surface area (Å²) in [6, 6.07) is 5.75. The fourth-order valence-corrected chi connectivity index (χ4v) is 3.14. The number of hydrogen-bond donors (Lipinski definition) is 2. The molecule has 0 unspecified atom stereocenters. The van der Waals surface area contributed by atoms with E-state index in [0.717, 1.165) is 10.0 Å². The van der Waals surface area contributed by atoms with E-state index in [2.05, 4.69) is 26.1 Å². The maximum Gasteiger partial charge on any atom is 0.343 e. The molecule has 7 heteroatoms. The number of nitrogens with zero attached hydrogens (tertiary/aromatic N) is 2. The van der Waals surface area contributed by atoms with Crippen molar-refractivity contribution in [2.45, 2.75) is 24.4 Å². The number of thioether (sulfide) groups is 1. The number of hydrogen-bond acceptors (Lipinski definition) is 4. The van der Waals surface area contributed by atoms with Crippen LogP contribution in [0.25, 0.3) is 0 Å². The molecule has 18 heavy (non-hydrogen) atoms. The van der Waals surface area contributed by atoms with E-state index in [1.54, 1.807) is 4.57 Å². The summed E-state index contributed by atoms with van der Waals surface area (Å²) >= 11 is 4.96.